The van der Waals surface area contributed by atoms with Gasteiger partial charge in [-0.1, -0.05) is 17.3 Å². The summed E-state index contributed by atoms with van der Waals surface area (Å²) in [6.45, 7) is 0. The van der Waals surface area contributed by atoms with E-state index < -0.39 is 0 Å². The lowest BCUT2D eigenvalue weighted by molar-refractivity contribution is -0.346. The molecule has 0 saturated heterocycles. The second-order valence-electron chi connectivity index (χ2n) is 2.73. The maximum absolute atomic E-state index is 8.62. The number of fused-ring (bicyclic) bond motifs is 1. The van der Waals surface area contributed by atoms with Gasteiger partial charge >= 0.3 is 5.82 Å². The largest absolute Gasteiger partial charge is 0.410 e. The van der Waals surface area contributed by atoms with Gasteiger partial charge in [-0.25, -0.2) is 9.97 Å². The Morgan fingerprint density at radius 1 is 1.50 bits per heavy atom. The van der Waals surface area contributed by atoms with E-state index in [1.165, 1.54) is 0 Å². The minimum atomic E-state index is -0.0683. The van der Waals surface area contributed by atoms with Crippen molar-refractivity contribution in [1.29, 1.82) is 5.26 Å². The number of H-pyrrole nitrogens is 2. The highest BCUT2D eigenvalue weighted by Crippen LogP contribution is 2.06. The number of benzene rings is 1. The van der Waals surface area contributed by atoms with Crippen LogP contribution in [0.25, 0.3) is 11.0 Å². The van der Waals surface area contributed by atoms with Crippen LogP contribution in [0.4, 0.5) is 0 Å². The third kappa shape index (κ3) is 1.19. The summed E-state index contributed by atoms with van der Waals surface area (Å²) in [5, 5.41) is 20.0. The Labute approximate surface area is 79.3 Å². The first-order chi connectivity index (χ1) is 6.85. The Morgan fingerprint density at radius 3 is 2.93 bits per heavy atom. The van der Waals surface area contributed by atoms with Gasteiger partial charge in [0.1, 0.15) is 6.07 Å². The van der Waals surface area contributed by atoms with Crippen molar-refractivity contribution in [3.8, 4) is 6.07 Å². The van der Waals surface area contributed by atoms with Crippen LogP contribution in [0, 0.1) is 11.3 Å². The third-order valence-electron chi connectivity index (χ3n) is 1.89. The van der Waals surface area contributed by atoms with E-state index in [1.54, 1.807) is 6.07 Å². The van der Waals surface area contributed by atoms with Crippen LogP contribution in [0.2, 0.25) is 0 Å². The fourth-order valence-electron chi connectivity index (χ4n) is 1.25. The normalized spacial score (nSPS) is 11.5. The molecule has 1 aromatic heterocycles. The Kier molecular flexibility index (Phi) is 1.88. The minimum Gasteiger partial charge on any atom is -0.410 e. The molecule has 0 spiro atoms. The summed E-state index contributed by atoms with van der Waals surface area (Å²) >= 11 is 0. The fourth-order valence-corrected chi connectivity index (χ4v) is 1.25. The van der Waals surface area contributed by atoms with Crippen LogP contribution in [-0.2, 0) is 0 Å². The van der Waals surface area contributed by atoms with E-state index in [9.17, 15) is 0 Å². The summed E-state index contributed by atoms with van der Waals surface area (Å²) in [5.74, 6) is 0.399. The highest BCUT2D eigenvalue weighted by atomic mass is 16.4. The SMILES string of the molecule is N#C/C(=N/O)c1[nH]c2ccccc2[nH+]1. The van der Waals surface area contributed by atoms with Crippen LogP contribution in [0.5, 0.6) is 0 Å². The first-order valence-corrected chi connectivity index (χ1v) is 3.97. The summed E-state index contributed by atoms with van der Waals surface area (Å²) in [6.07, 6.45) is 0. The third-order valence-corrected chi connectivity index (χ3v) is 1.89. The van der Waals surface area contributed by atoms with E-state index in [4.69, 9.17) is 10.5 Å². The van der Waals surface area contributed by atoms with Gasteiger partial charge in [-0.05, 0) is 12.1 Å². The summed E-state index contributed by atoms with van der Waals surface area (Å²) in [7, 11) is 0. The molecule has 0 radical (unpaired) electrons. The molecule has 3 N–H and O–H groups in total. The molecule has 0 fully saturated rings. The highest BCUT2D eigenvalue weighted by molar-refractivity contribution is 6.08. The smallest absolute Gasteiger partial charge is 0.318 e. The molecule has 0 aliphatic rings. The van der Waals surface area contributed by atoms with Gasteiger partial charge in [0.05, 0.1) is 0 Å². The molecule has 0 saturated carbocycles. The quantitative estimate of drug-likeness (QED) is 0.391. The first-order valence-electron chi connectivity index (χ1n) is 3.97. The molecule has 1 heterocycles. The zero-order valence-electron chi connectivity index (χ0n) is 7.15. The maximum Gasteiger partial charge on any atom is 0.318 e. The number of rotatable bonds is 1. The number of aromatic amines is 2. The van der Waals surface area contributed by atoms with Crippen LogP contribution < -0.4 is 4.98 Å². The Balaban J connectivity index is 2.62. The van der Waals surface area contributed by atoms with E-state index >= 15 is 0 Å². The second kappa shape index (κ2) is 3.18. The van der Waals surface area contributed by atoms with E-state index in [-0.39, 0.29) is 5.71 Å². The summed E-state index contributed by atoms with van der Waals surface area (Å²) < 4.78 is 0. The molecule has 68 valence electrons. The molecule has 2 rings (SSSR count). The topological polar surface area (TPSA) is 86.3 Å². The Hall–Kier alpha value is -2.35. The Morgan fingerprint density at radius 2 is 2.29 bits per heavy atom. The predicted octanol–water partition coefficient (Wildman–Crippen LogP) is 0.684. The molecule has 0 atom stereocenters. The Bertz CT molecular complexity index is 502. The maximum atomic E-state index is 8.62. The molecule has 5 heteroatoms. The van der Waals surface area contributed by atoms with Gasteiger partial charge < -0.3 is 5.21 Å². The van der Waals surface area contributed by atoms with Crippen LogP contribution in [0.1, 0.15) is 5.82 Å². The molecule has 0 aliphatic carbocycles. The molecular weight excluding hydrogens is 180 g/mol. The van der Waals surface area contributed by atoms with Crippen LogP contribution in [0.3, 0.4) is 0 Å². The monoisotopic (exact) mass is 187 g/mol. The summed E-state index contributed by atoms with van der Waals surface area (Å²) in [5.41, 5.74) is 1.65. The number of hydrogen-bond acceptors (Lipinski definition) is 3. The van der Waals surface area contributed by atoms with Crippen molar-refractivity contribution < 1.29 is 10.2 Å². The van der Waals surface area contributed by atoms with Crippen molar-refractivity contribution in [3.63, 3.8) is 0 Å². The minimum absolute atomic E-state index is 0.0683. The highest BCUT2D eigenvalue weighted by Gasteiger charge is 2.15. The summed E-state index contributed by atoms with van der Waals surface area (Å²) in [4.78, 5) is 5.86. The van der Waals surface area contributed by atoms with Crippen molar-refractivity contribution in [3.05, 3.63) is 30.1 Å². The number of nitriles is 1. The lowest BCUT2D eigenvalue weighted by atomic mass is 10.3. The number of hydrogen-bond donors (Lipinski definition) is 2. The van der Waals surface area contributed by atoms with Gasteiger partial charge in [0, 0.05) is 0 Å². The molecule has 1 aromatic carbocycles. The molecule has 5 nitrogen and oxygen atoms in total. The van der Waals surface area contributed by atoms with Gasteiger partial charge in [0.2, 0.25) is 0 Å². The first kappa shape index (κ1) is 8.26. The number of imidazole rings is 1. The predicted molar refractivity (Wildman–Crippen MR) is 48.8 cm³/mol. The second-order valence-corrected chi connectivity index (χ2v) is 2.73. The van der Waals surface area contributed by atoms with E-state index in [0.717, 1.165) is 11.0 Å². The van der Waals surface area contributed by atoms with Crippen molar-refractivity contribution in [2.45, 2.75) is 0 Å². The molecule has 0 amide bonds. The van der Waals surface area contributed by atoms with Crippen molar-refractivity contribution in [2.75, 3.05) is 0 Å². The standard InChI is InChI=1S/C9H6N4O/c10-5-8(13-14)9-11-6-3-1-2-4-7(6)12-9/h1-4,14H,(H,11,12)/p+1/b13-8-. The average Bonchev–Trinajstić information content (AvgIpc) is 2.63. The number of para-hydroxylation sites is 2. The van der Waals surface area contributed by atoms with E-state index in [1.807, 2.05) is 24.3 Å². The zero-order chi connectivity index (χ0) is 9.97. The van der Waals surface area contributed by atoms with E-state index in [2.05, 4.69) is 15.1 Å². The number of aromatic nitrogens is 2. The van der Waals surface area contributed by atoms with Gasteiger partial charge in [-0.3, -0.25) is 0 Å². The summed E-state index contributed by atoms with van der Waals surface area (Å²) in [6, 6.07) is 9.24. The molecule has 0 bridgehead atoms. The molecule has 14 heavy (non-hydrogen) atoms. The molecule has 2 aromatic rings. The molecular formula is C9H7N4O+. The van der Waals surface area contributed by atoms with E-state index in [0.29, 0.717) is 5.82 Å². The number of nitrogens with one attached hydrogen (secondary N) is 2. The van der Waals surface area contributed by atoms with Crippen molar-refractivity contribution >= 4 is 16.7 Å². The molecule has 0 unspecified atom stereocenters. The van der Waals surface area contributed by atoms with Crippen LogP contribution in [0.15, 0.2) is 29.4 Å². The van der Waals surface area contributed by atoms with Crippen molar-refractivity contribution in [1.82, 2.24) is 4.98 Å². The van der Waals surface area contributed by atoms with Gasteiger partial charge in [-0.2, -0.15) is 5.26 Å². The molecule has 0 aliphatic heterocycles. The number of oxime groups is 1. The average molecular weight is 187 g/mol. The van der Waals surface area contributed by atoms with Crippen molar-refractivity contribution in [2.24, 2.45) is 5.16 Å². The van der Waals surface area contributed by atoms with Gasteiger partial charge in [0.25, 0.3) is 5.71 Å². The zero-order valence-corrected chi connectivity index (χ0v) is 7.15. The van der Waals surface area contributed by atoms with Gasteiger partial charge in [0.15, 0.2) is 11.0 Å². The van der Waals surface area contributed by atoms with Crippen LogP contribution in [-0.4, -0.2) is 15.9 Å². The lowest BCUT2D eigenvalue weighted by Crippen LogP contribution is -2.13. The van der Waals surface area contributed by atoms with Gasteiger partial charge in [-0.15, -0.1) is 0 Å². The number of nitrogens with zero attached hydrogens (tertiary/aromatic N) is 2. The lowest BCUT2D eigenvalue weighted by Gasteiger charge is -1.78. The van der Waals surface area contributed by atoms with Crippen LogP contribution >= 0.6 is 0 Å². The fraction of sp³-hybridized carbons (Fsp3) is 0.